The van der Waals surface area contributed by atoms with Gasteiger partial charge in [-0.05, 0) is 50.5 Å². The molecule has 1 N–H and O–H groups in total. The molecule has 2 atom stereocenters. The molecule has 150 valence electrons. The summed E-state index contributed by atoms with van der Waals surface area (Å²) in [5.74, 6) is -0.439. The van der Waals surface area contributed by atoms with E-state index in [1.165, 1.54) is 5.56 Å². The number of benzene rings is 2. The summed E-state index contributed by atoms with van der Waals surface area (Å²) in [6.07, 6.45) is 1.28. The molecule has 0 aliphatic heterocycles. The van der Waals surface area contributed by atoms with Crippen LogP contribution in [0.2, 0.25) is 5.02 Å². The minimum absolute atomic E-state index is 0.191. The van der Waals surface area contributed by atoms with E-state index in [9.17, 15) is 9.59 Å². The van der Waals surface area contributed by atoms with Crippen molar-refractivity contribution in [1.29, 1.82) is 0 Å². The summed E-state index contributed by atoms with van der Waals surface area (Å²) in [5.41, 5.74) is 1.62. The number of carbonyl (C=O) groups excluding carboxylic acids is 2. The zero-order valence-corrected chi connectivity index (χ0v) is 16.9. The van der Waals surface area contributed by atoms with Crippen molar-refractivity contribution in [3.63, 3.8) is 0 Å². The molecule has 0 saturated heterocycles. The van der Waals surface area contributed by atoms with Gasteiger partial charge in [0.1, 0.15) is 6.10 Å². The van der Waals surface area contributed by atoms with E-state index in [-0.39, 0.29) is 12.1 Å². The van der Waals surface area contributed by atoms with Crippen LogP contribution in [0.25, 0.3) is 0 Å². The van der Waals surface area contributed by atoms with Crippen molar-refractivity contribution in [3.05, 3.63) is 70.7 Å². The predicted octanol–water partition coefficient (Wildman–Crippen LogP) is 5.02. The Bertz CT molecular complexity index is 766. The van der Waals surface area contributed by atoms with Gasteiger partial charge in [-0.25, -0.2) is 9.59 Å². The van der Waals surface area contributed by atoms with Gasteiger partial charge in [0.2, 0.25) is 0 Å². The lowest BCUT2D eigenvalue weighted by Gasteiger charge is -2.19. The monoisotopic (exact) mass is 403 g/mol. The Kier molecular flexibility index (Phi) is 8.82. The minimum Gasteiger partial charge on any atom is -0.459 e. The molecule has 5 nitrogen and oxygen atoms in total. The molecule has 2 rings (SSSR count). The Hall–Kier alpha value is -2.53. The predicted molar refractivity (Wildman–Crippen MR) is 110 cm³/mol. The van der Waals surface area contributed by atoms with Crippen LogP contribution in [0.4, 0.5) is 4.79 Å². The first-order valence-corrected chi connectivity index (χ1v) is 9.75. The first-order valence-electron chi connectivity index (χ1n) is 9.38. The van der Waals surface area contributed by atoms with Gasteiger partial charge < -0.3 is 14.8 Å². The fourth-order valence-electron chi connectivity index (χ4n) is 2.80. The molecule has 1 amide bonds. The second-order valence-corrected chi connectivity index (χ2v) is 7.17. The van der Waals surface area contributed by atoms with E-state index in [4.69, 9.17) is 21.1 Å². The van der Waals surface area contributed by atoms with Crippen LogP contribution in [-0.2, 0) is 15.9 Å². The third-order valence-electron chi connectivity index (χ3n) is 4.10. The largest absolute Gasteiger partial charge is 0.459 e. The Morgan fingerprint density at radius 1 is 1.07 bits per heavy atom. The van der Waals surface area contributed by atoms with E-state index in [1.54, 1.807) is 31.2 Å². The van der Waals surface area contributed by atoms with E-state index >= 15 is 0 Å². The van der Waals surface area contributed by atoms with E-state index in [1.807, 2.05) is 37.3 Å². The third kappa shape index (κ3) is 8.01. The van der Waals surface area contributed by atoms with Gasteiger partial charge in [0.05, 0.1) is 12.2 Å². The fraction of sp³-hybridized carbons (Fsp3) is 0.364. The maximum Gasteiger partial charge on any atom is 0.407 e. The lowest BCUT2D eigenvalue weighted by molar-refractivity contribution is 0.0307. The van der Waals surface area contributed by atoms with Gasteiger partial charge >= 0.3 is 12.1 Å². The van der Waals surface area contributed by atoms with Gasteiger partial charge in [-0.2, -0.15) is 0 Å². The highest BCUT2D eigenvalue weighted by molar-refractivity contribution is 6.30. The fourth-order valence-corrected chi connectivity index (χ4v) is 2.99. The molecule has 0 aromatic heterocycles. The molecular formula is C22H26ClNO4. The number of nitrogens with one attached hydrogen (secondary N) is 1. The number of amides is 1. The molecule has 0 aliphatic rings. The summed E-state index contributed by atoms with van der Waals surface area (Å²) in [6.45, 7) is 3.98. The second-order valence-electron chi connectivity index (χ2n) is 6.73. The highest BCUT2D eigenvalue weighted by Crippen LogP contribution is 2.13. The topological polar surface area (TPSA) is 64.6 Å². The van der Waals surface area contributed by atoms with Crippen LogP contribution in [0.5, 0.6) is 0 Å². The molecule has 0 saturated carbocycles. The molecule has 0 spiro atoms. The number of halogens is 1. The van der Waals surface area contributed by atoms with Gasteiger partial charge in [0.15, 0.2) is 0 Å². The maximum absolute atomic E-state index is 12.1. The zero-order chi connectivity index (χ0) is 20.4. The van der Waals surface area contributed by atoms with Crippen LogP contribution >= 0.6 is 11.6 Å². The number of rotatable bonds is 9. The summed E-state index contributed by atoms with van der Waals surface area (Å²) < 4.78 is 10.6. The quantitative estimate of drug-likeness (QED) is 0.471. The number of carbonyl (C=O) groups is 2. The van der Waals surface area contributed by atoms with Crippen LogP contribution in [0.3, 0.4) is 0 Å². The van der Waals surface area contributed by atoms with Crippen molar-refractivity contribution in [2.75, 3.05) is 6.61 Å². The third-order valence-corrected chi connectivity index (χ3v) is 4.34. The SMILES string of the molecule is CC(CC(C)OC(=O)c1cccc(Cl)c1)NC(=O)OCCCc1ccccc1. The van der Waals surface area contributed by atoms with Gasteiger partial charge in [-0.3, -0.25) is 0 Å². The molecule has 0 heterocycles. The molecule has 0 aliphatic carbocycles. The van der Waals surface area contributed by atoms with Crippen LogP contribution in [-0.4, -0.2) is 30.8 Å². The van der Waals surface area contributed by atoms with Crippen molar-refractivity contribution in [1.82, 2.24) is 5.32 Å². The molecule has 2 unspecified atom stereocenters. The summed E-state index contributed by atoms with van der Waals surface area (Å²) in [4.78, 5) is 24.0. The molecule has 28 heavy (non-hydrogen) atoms. The Balaban J connectivity index is 1.64. The summed E-state index contributed by atoms with van der Waals surface area (Å²) in [6, 6.07) is 16.5. The summed E-state index contributed by atoms with van der Waals surface area (Å²) in [5, 5.41) is 3.24. The normalized spacial score (nSPS) is 12.7. The number of hydrogen-bond donors (Lipinski definition) is 1. The van der Waals surface area contributed by atoms with E-state index in [0.717, 1.165) is 12.8 Å². The standard InChI is InChI=1S/C22H26ClNO4/c1-16(14-17(2)28-21(25)19-11-6-12-20(23)15-19)24-22(26)27-13-7-10-18-8-4-3-5-9-18/h3-6,8-9,11-12,15-17H,7,10,13-14H2,1-2H3,(H,24,26). The first kappa shape index (κ1) is 21.8. The van der Waals surface area contributed by atoms with Crippen LogP contribution in [0.15, 0.2) is 54.6 Å². The molecule has 6 heteroatoms. The molecule has 0 radical (unpaired) electrons. The average molecular weight is 404 g/mol. The molecule has 0 bridgehead atoms. The molecule has 2 aromatic carbocycles. The molecule has 2 aromatic rings. The van der Waals surface area contributed by atoms with E-state index in [0.29, 0.717) is 23.6 Å². The van der Waals surface area contributed by atoms with Crippen molar-refractivity contribution in [3.8, 4) is 0 Å². The highest BCUT2D eigenvalue weighted by Gasteiger charge is 2.17. The summed E-state index contributed by atoms with van der Waals surface area (Å²) >= 11 is 5.88. The lowest BCUT2D eigenvalue weighted by atomic mass is 10.1. The highest BCUT2D eigenvalue weighted by atomic mass is 35.5. The maximum atomic E-state index is 12.1. The van der Waals surface area contributed by atoms with Crippen LogP contribution < -0.4 is 5.32 Å². The second kappa shape index (κ2) is 11.3. The first-order chi connectivity index (χ1) is 13.4. The van der Waals surface area contributed by atoms with E-state index in [2.05, 4.69) is 5.32 Å². The smallest absolute Gasteiger partial charge is 0.407 e. The van der Waals surface area contributed by atoms with Gasteiger partial charge in [0, 0.05) is 17.5 Å². The van der Waals surface area contributed by atoms with Crippen LogP contribution in [0.1, 0.15) is 42.6 Å². The minimum atomic E-state index is -0.464. The zero-order valence-electron chi connectivity index (χ0n) is 16.2. The van der Waals surface area contributed by atoms with Gasteiger partial charge in [0.25, 0.3) is 0 Å². The van der Waals surface area contributed by atoms with Gasteiger partial charge in [-0.1, -0.05) is 48.0 Å². The number of ether oxygens (including phenoxy) is 2. The number of hydrogen-bond acceptors (Lipinski definition) is 4. The van der Waals surface area contributed by atoms with Crippen molar-refractivity contribution < 1.29 is 19.1 Å². The Labute approximate surface area is 171 Å². The molecular weight excluding hydrogens is 378 g/mol. The lowest BCUT2D eigenvalue weighted by Crippen LogP contribution is -2.36. The summed E-state index contributed by atoms with van der Waals surface area (Å²) in [7, 11) is 0. The Morgan fingerprint density at radius 2 is 1.82 bits per heavy atom. The number of aryl methyl sites for hydroxylation is 1. The molecule has 0 fully saturated rings. The van der Waals surface area contributed by atoms with Crippen molar-refractivity contribution in [2.24, 2.45) is 0 Å². The Morgan fingerprint density at radius 3 is 2.54 bits per heavy atom. The number of esters is 1. The van der Waals surface area contributed by atoms with Crippen LogP contribution in [0, 0.1) is 0 Å². The number of alkyl carbamates (subject to hydrolysis) is 1. The van der Waals surface area contributed by atoms with Crippen molar-refractivity contribution >= 4 is 23.7 Å². The van der Waals surface area contributed by atoms with Gasteiger partial charge in [-0.15, -0.1) is 0 Å². The average Bonchev–Trinajstić information content (AvgIpc) is 2.65. The van der Waals surface area contributed by atoms with Crippen molar-refractivity contribution in [2.45, 2.75) is 45.3 Å². The van der Waals surface area contributed by atoms with E-state index < -0.39 is 12.1 Å².